The van der Waals surface area contributed by atoms with Gasteiger partial charge in [0.15, 0.2) is 0 Å². The van der Waals surface area contributed by atoms with Crippen molar-refractivity contribution in [3.8, 4) is 0 Å². The van der Waals surface area contributed by atoms with Crippen molar-refractivity contribution in [2.75, 3.05) is 13.1 Å². The fraction of sp³-hybridized carbons (Fsp3) is 0.909. The van der Waals surface area contributed by atoms with Crippen LogP contribution in [0.5, 0.6) is 0 Å². The molecule has 0 saturated carbocycles. The first-order valence-corrected chi connectivity index (χ1v) is 5.98. The van der Waals surface area contributed by atoms with Crippen molar-refractivity contribution in [1.82, 2.24) is 10.2 Å². The SMILES string of the molecule is CC(C1CCCCN1)N1CCC1C(N)=O. The zero-order valence-corrected chi connectivity index (χ0v) is 9.41. The molecular formula is C11H21N3O. The third kappa shape index (κ3) is 2.16. The van der Waals surface area contributed by atoms with Gasteiger partial charge in [-0.3, -0.25) is 9.69 Å². The van der Waals surface area contributed by atoms with Gasteiger partial charge in [-0.25, -0.2) is 0 Å². The van der Waals surface area contributed by atoms with Crippen LogP contribution in [0, 0.1) is 0 Å². The van der Waals surface area contributed by atoms with E-state index in [1.165, 1.54) is 19.3 Å². The molecule has 2 heterocycles. The van der Waals surface area contributed by atoms with Gasteiger partial charge in [-0.05, 0) is 32.7 Å². The molecule has 2 saturated heterocycles. The highest BCUT2D eigenvalue weighted by Crippen LogP contribution is 2.24. The van der Waals surface area contributed by atoms with Crippen molar-refractivity contribution >= 4 is 5.91 Å². The first-order chi connectivity index (χ1) is 7.20. The number of hydrogen-bond donors (Lipinski definition) is 2. The summed E-state index contributed by atoms with van der Waals surface area (Å²) in [6.07, 6.45) is 4.75. The summed E-state index contributed by atoms with van der Waals surface area (Å²) in [5, 5.41) is 3.53. The van der Waals surface area contributed by atoms with E-state index in [1.807, 2.05) is 0 Å². The number of nitrogens with two attached hydrogens (primary N) is 1. The van der Waals surface area contributed by atoms with E-state index in [-0.39, 0.29) is 11.9 Å². The van der Waals surface area contributed by atoms with Crippen LogP contribution in [0.25, 0.3) is 0 Å². The molecule has 4 heteroatoms. The number of nitrogens with one attached hydrogen (secondary N) is 1. The lowest BCUT2D eigenvalue weighted by molar-refractivity contribution is -0.129. The number of piperidine rings is 1. The zero-order valence-electron chi connectivity index (χ0n) is 9.41. The monoisotopic (exact) mass is 211 g/mol. The molecule has 0 spiro atoms. The Balaban J connectivity index is 1.89. The Morgan fingerprint density at radius 2 is 2.27 bits per heavy atom. The van der Waals surface area contributed by atoms with Gasteiger partial charge in [0.1, 0.15) is 0 Å². The number of nitrogens with zero attached hydrogens (tertiary/aromatic N) is 1. The van der Waals surface area contributed by atoms with Gasteiger partial charge in [0.2, 0.25) is 5.91 Å². The second-order valence-electron chi connectivity index (χ2n) is 4.74. The minimum absolute atomic E-state index is 0.0104. The number of primary amides is 1. The van der Waals surface area contributed by atoms with E-state index in [0.29, 0.717) is 12.1 Å². The van der Waals surface area contributed by atoms with Crippen molar-refractivity contribution in [3.63, 3.8) is 0 Å². The molecule has 3 N–H and O–H groups in total. The van der Waals surface area contributed by atoms with E-state index in [0.717, 1.165) is 19.5 Å². The Bertz CT molecular complexity index is 238. The fourth-order valence-electron chi connectivity index (χ4n) is 2.72. The molecule has 0 aliphatic carbocycles. The van der Waals surface area contributed by atoms with Gasteiger partial charge < -0.3 is 11.1 Å². The summed E-state index contributed by atoms with van der Waals surface area (Å²) in [6, 6.07) is 0.973. The third-order valence-corrected chi connectivity index (χ3v) is 3.84. The molecule has 2 aliphatic rings. The van der Waals surface area contributed by atoms with Gasteiger partial charge >= 0.3 is 0 Å². The summed E-state index contributed by atoms with van der Waals surface area (Å²) in [5.41, 5.74) is 5.35. The molecule has 0 aromatic rings. The van der Waals surface area contributed by atoms with Gasteiger partial charge in [-0.15, -0.1) is 0 Å². The van der Waals surface area contributed by atoms with Crippen molar-refractivity contribution in [1.29, 1.82) is 0 Å². The smallest absolute Gasteiger partial charge is 0.234 e. The van der Waals surface area contributed by atoms with E-state index in [1.54, 1.807) is 0 Å². The number of rotatable bonds is 3. The maximum absolute atomic E-state index is 11.1. The van der Waals surface area contributed by atoms with Crippen LogP contribution in [-0.4, -0.2) is 42.0 Å². The van der Waals surface area contributed by atoms with Gasteiger partial charge in [-0.2, -0.15) is 0 Å². The van der Waals surface area contributed by atoms with Gasteiger partial charge in [-0.1, -0.05) is 6.42 Å². The lowest BCUT2D eigenvalue weighted by Gasteiger charge is -2.46. The van der Waals surface area contributed by atoms with Gasteiger partial charge in [0.25, 0.3) is 0 Å². The summed E-state index contributed by atoms with van der Waals surface area (Å²) >= 11 is 0. The van der Waals surface area contributed by atoms with Crippen LogP contribution >= 0.6 is 0 Å². The van der Waals surface area contributed by atoms with Crippen molar-refractivity contribution in [2.45, 2.75) is 50.7 Å². The second-order valence-corrected chi connectivity index (χ2v) is 4.74. The number of carbonyl (C=O) groups excluding carboxylic acids is 1. The molecule has 3 unspecified atom stereocenters. The standard InChI is InChI=1S/C11H21N3O/c1-8(9-4-2-3-6-13-9)14-7-5-10(14)11(12)15/h8-10,13H,2-7H2,1H3,(H2,12,15). The largest absolute Gasteiger partial charge is 0.368 e. The highest BCUT2D eigenvalue weighted by molar-refractivity contribution is 5.80. The van der Waals surface area contributed by atoms with E-state index in [4.69, 9.17) is 5.73 Å². The average Bonchev–Trinajstić information content (AvgIpc) is 2.16. The first-order valence-electron chi connectivity index (χ1n) is 5.98. The lowest BCUT2D eigenvalue weighted by atomic mass is 9.92. The highest BCUT2D eigenvalue weighted by Gasteiger charge is 2.38. The molecule has 2 aliphatic heterocycles. The predicted octanol–water partition coefficient (Wildman–Crippen LogP) is 0.0766. The van der Waals surface area contributed by atoms with Gasteiger partial charge in [0, 0.05) is 18.6 Å². The summed E-state index contributed by atoms with van der Waals surface area (Å²) in [6.45, 7) is 4.34. The second kappa shape index (κ2) is 4.49. The normalized spacial score (nSPS) is 34.5. The minimum atomic E-state index is -0.163. The molecule has 0 radical (unpaired) electrons. The number of likely N-dealkylation sites (tertiary alicyclic amines) is 1. The topological polar surface area (TPSA) is 58.4 Å². The van der Waals surface area contributed by atoms with Crippen LogP contribution in [-0.2, 0) is 4.79 Å². The van der Waals surface area contributed by atoms with Crippen LogP contribution < -0.4 is 11.1 Å². The zero-order chi connectivity index (χ0) is 10.8. The molecule has 2 rings (SSSR count). The molecule has 86 valence electrons. The molecule has 4 nitrogen and oxygen atoms in total. The van der Waals surface area contributed by atoms with E-state index < -0.39 is 0 Å². The van der Waals surface area contributed by atoms with Crippen LogP contribution in [0.1, 0.15) is 32.6 Å². The maximum Gasteiger partial charge on any atom is 0.234 e. The number of hydrogen-bond acceptors (Lipinski definition) is 3. The number of amides is 1. The Morgan fingerprint density at radius 1 is 1.47 bits per heavy atom. The molecule has 3 atom stereocenters. The Kier molecular flexibility index (Phi) is 3.26. The molecule has 1 amide bonds. The van der Waals surface area contributed by atoms with E-state index in [2.05, 4.69) is 17.1 Å². The van der Waals surface area contributed by atoms with Crippen LogP contribution in [0.3, 0.4) is 0 Å². The van der Waals surface area contributed by atoms with Gasteiger partial charge in [0.05, 0.1) is 6.04 Å². The minimum Gasteiger partial charge on any atom is -0.368 e. The number of carbonyl (C=O) groups is 1. The van der Waals surface area contributed by atoms with Crippen molar-refractivity contribution in [3.05, 3.63) is 0 Å². The summed E-state index contributed by atoms with van der Waals surface area (Å²) in [7, 11) is 0. The predicted molar refractivity (Wildman–Crippen MR) is 59.4 cm³/mol. The molecule has 2 fully saturated rings. The van der Waals surface area contributed by atoms with E-state index in [9.17, 15) is 4.79 Å². The van der Waals surface area contributed by atoms with Crippen LogP contribution in [0.4, 0.5) is 0 Å². The molecule has 0 aromatic heterocycles. The molecule has 15 heavy (non-hydrogen) atoms. The summed E-state index contributed by atoms with van der Waals surface area (Å²) in [5.74, 6) is -0.163. The van der Waals surface area contributed by atoms with E-state index >= 15 is 0 Å². The van der Waals surface area contributed by atoms with Crippen molar-refractivity contribution < 1.29 is 4.79 Å². The maximum atomic E-state index is 11.1. The van der Waals surface area contributed by atoms with Crippen LogP contribution in [0.15, 0.2) is 0 Å². The highest BCUT2D eigenvalue weighted by atomic mass is 16.1. The quantitative estimate of drug-likeness (QED) is 0.695. The Hall–Kier alpha value is -0.610. The summed E-state index contributed by atoms with van der Waals surface area (Å²) in [4.78, 5) is 13.4. The molecule has 0 bridgehead atoms. The third-order valence-electron chi connectivity index (χ3n) is 3.84. The summed E-state index contributed by atoms with van der Waals surface area (Å²) < 4.78 is 0. The fourth-order valence-corrected chi connectivity index (χ4v) is 2.72. The molecular weight excluding hydrogens is 190 g/mol. The Labute approximate surface area is 91.2 Å². The van der Waals surface area contributed by atoms with Crippen molar-refractivity contribution in [2.24, 2.45) is 5.73 Å². The lowest BCUT2D eigenvalue weighted by Crippen LogP contribution is -2.63. The Morgan fingerprint density at radius 3 is 2.73 bits per heavy atom. The first kappa shape index (κ1) is 10.9. The average molecular weight is 211 g/mol. The van der Waals surface area contributed by atoms with Crippen LogP contribution in [0.2, 0.25) is 0 Å². The molecule has 0 aromatic carbocycles.